The number of fused-ring (bicyclic) bond motifs is 2. The predicted molar refractivity (Wildman–Crippen MR) is 70.7 cm³/mol. The molecule has 1 saturated heterocycles. The van der Waals surface area contributed by atoms with Crippen molar-refractivity contribution in [2.24, 2.45) is 0 Å². The predicted octanol–water partition coefficient (Wildman–Crippen LogP) is 1.71. The van der Waals surface area contributed by atoms with E-state index in [4.69, 9.17) is 0 Å². The lowest BCUT2D eigenvalue weighted by Gasteiger charge is -2.51. The zero-order valence-electron chi connectivity index (χ0n) is 10.7. The van der Waals surface area contributed by atoms with Gasteiger partial charge in [0.2, 0.25) is 0 Å². The summed E-state index contributed by atoms with van der Waals surface area (Å²) in [6, 6.07) is 5.17. The Morgan fingerprint density at radius 1 is 0.889 bits per heavy atom. The van der Waals surface area contributed by atoms with Crippen LogP contribution in [0.1, 0.15) is 51.4 Å². The number of thioether (sulfide) groups is 1. The number of rotatable bonds is 0. The van der Waals surface area contributed by atoms with Crippen LogP contribution in [0.25, 0.3) is 0 Å². The Kier molecular flexibility index (Phi) is 3.04. The molecule has 0 aromatic carbocycles. The van der Waals surface area contributed by atoms with Gasteiger partial charge in [-0.05, 0) is 25.7 Å². The molecule has 0 unspecified atom stereocenters. The first-order valence-corrected chi connectivity index (χ1v) is 8.04. The van der Waals surface area contributed by atoms with Crippen LogP contribution < -0.4 is 5.32 Å². The summed E-state index contributed by atoms with van der Waals surface area (Å²) in [6.07, 6.45) is 9.05. The molecule has 96 valence electrons. The molecule has 0 amide bonds. The molecule has 0 radical (unpaired) electrons. The van der Waals surface area contributed by atoms with Crippen LogP contribution in [-0.4, -0.2) is 21.6 Å². The van der Waals surface area contributed by atoms with Gasteiger partial charge in [0.25, 0.3) is 0 Å². The molecule has 3 aliphatic rings. The van der Waals surface area contributed by atoms with Crippen molar-refractivity contribution in [3.63, 3.8) is 0 Å². The summed E-state index contributed by atoms with van der Waals surface area (Å²) in [5, 5.41) is 22.4. The molecule has 3 nitrogen and oxygen atoms in total. The second-order valence-corrected chi connectivity index (χ2v) is 7.46. The zero-order chi connectivity index (χ0) is 12.6. The third kappa shape index (κ3) is 1.67. The molecule has 3 rings (SSSR count). The van der Waals surface area contributed by atoms with E-state index in [2.05, 4.69) is 17.5 Å². The minimum atomic E-state index is -0.313. The van der Waals surface area contributed by atoms with E-state index in [-0.39, 0.29) is 11.1 Å². The topological polar surface area (TPSA) is 64.2 Å². The number of nitrogens with zero attached hydrogens (tertiary/aromatic N) is 2. The van der Waals surface area contributed by atoms with Gasteiger partial charge in [-0.25, -0.2) is 0 Å². The van der Waals surface area contributed by atoms with Crippen molar-refractivity contribution in [1.82, 2.24) is 0 Å². The number of nitriles is 2. The third-order valence-corrected chi connectivity index (χ3v) is 6.99. The van der Waals surface area contributed by atoms with Crippen LogP contribution in [0, 0.1) is 22.7 Å². The second kappa shape index (κ2) is 4.44. The van der Waals surface area contributed by atoms with Crippen molar-refractivity contribution in [3.8, 4) is 12.1 Å². The molecule has 1 heterocycles. The highest BCUT2D eigenvalue weighted by molar-refractivity contribution is 8.00. The van der Waals surface area contributed by atoms with Gasteiger partial charge >= 0.3 is 0 Å². The van der Waals surface area contributed by atoms with Gasteiger partial charge in [-0.1, -0.05) is 12.8 Å². The highest BCUT2D eigenvalue weighted by Crippen LogP contribution is 2.46. The molecule has 2 saturated carbocycles. The first kappa shape index (κ1) is 12.3. The molecule has 0 bridgehead atoms. The highest BCUT2D eigenvalue weighted by Gasteiger charge is 2.60. The fraction of sp³-hybridized carbons (Fsp3) is 0.857. The van der Waals surface area contributed by atoms with Crippen molar-refractivity contribution in [2.75, 3.05) is 0 Å². The zero-order valence-corrected chi connectivity index (χ0v) is 11.5. The van der Waals surface area contributed by atoms with Crippen LogP contribution in [0.4, 0.5) is 0 Å². The van der Waals surface area contributed by atoms with E-state index in [0.717, 1.165) is 38.5 Å². The molecular weight excluding hydrogens is 242 g/mol. The van der Waals surface area contributed by atoms with Crippen molar-refractivity contribution >= 4 is 11.8 Å². The van der Waals surface area contributed by atoms with E-state index < -0.39 is 0 Å². The van der Waals surface area contributed by atoms with Crippen LogP contribution in [0.3, 0.4) is 0 Å². The van der Waals surface area contributed by atoms with E-state index in [1.165, 1.54) is 12.8 Å². The van der Waals surface area contributed by atoms with Crippen molar-refractivity contribution in [2.45, 2.75) is 72.9 Å². The molecule has 0 aromatic rings. The molecule has 0 spiro atoms. The Labute approximate surface area is 113 Å². The van der Waals surface area contributed by atoms with Crippen LogP contribution >= 0.6 is 11.8 Å². The van der Waals surface area contributed by atoms with Crippen molar-refractivity contribution in [3.05, 3.63) is 0 Å². The van der Waals surface area contributed by atoms with Gasteiger partial charge in [0.05, 0.1) is 10.5 Å². The van der Waals surface area contributed by atoms with Gasteiger partial charge in [0.1, 0.15) is 12.1 Å². The van der Waals surface area contributed by atoms with E-state index in [9.17, 15) is 10.5 Å². The molecule has 2 aliphatic carbocycles. The van der Waals surface area contributed by atoms with Gasteiger partial charge in [-0.2, -0.15) is 10.5 Å². The van der Waals surface area contributed by atoms with Crippen molar-refractivity contribution in [1.29, 1.82) is 10.5 Å². The number of nitrogens with two attached hydrogens (primary N) is 1. The maximum atomic E-state index is 9.67. The second-order valence-electron chi connectivity index (χ2n) is 6.05. The summed E-state index contributed by atoms with van der Waals surface area (Å²) in [5.41, 5.74) is -0.626. The fourth-order valence-corrected chi connectivity index (χ4v) is 5.98. The maximum absolute atomic E-state index is 9.67. The Balaban J connectivity index is 1.95. The van der Waals surface area contributed by atoms with E-state index in [1.54, 1.807) is 0 Å². The monoisotopic (exact) mass is 262 g/mol. The molecule has 4 heteroatoms. The SMILES string of the molecule is N#C[C@]12CCCC[C@@H]1S[C@H]1CCCC[C@]1(C#N)[NH2+]2. The van der Waals surface area contributed by atoms with Gasteiger partial charge in [-0.3, -0.25) is 0 Å². The number of hydrogen-bond acceptors (Lipinski definition) is 3. The summed E-state index contributed by atoms with van der Waals surface area (Å²) >= 11 is 1.97. The van der Waals surface area contributed by atoms with E-state index in [0.29, 0.717) is 10.5 Å². The fourth-order valence-electron chi connectivity index (χ4n) is 4.02. The Bertz CT molecular complexity index is 386. The average Bonchev–Trinajstić information content (AvgIpc) is 2.44. The minimum absolute atomic E-state index is 0.313. The number of quaternary nitrogens is 1. The maximum Gasteiger partial charge on any atom is 0.196 e. The van der Waals surface area contributed by atoms with Gasteiger partial charge in [0.15, 0.2) is 11.1 Å². The molecule has 0 aromatic heterocycles. The van der Waals surface area contributed by atoms with Gasteiger partial charge < -0.3 is 5.32 Å². The molecule has 4 atom stereocenters. The first-order chi connectivity index (χ1) is 8.75. The van der Waals surface area contributed by atoms with Gasteiger partial charge in [-0.15, -0.1) is 11.8 Å². The van der Waals surface area contributed by atoms with Crippen LogP contribution in [0.5, 0.6) is 0 Å². The Morgan fingerprint density at radius 2 is 1.39 bits per heavy atom. The smallest absolute Gasteiger partial charge is 0.196 e. The van der Waals surface area contributed by atoms with Crippen LogP contribution in [0.15, 0.2) is 0 Å². The quantitative estimate of drug-likeness (QED) is 0.723. The third-order valence-electron chi connectivity index (χ3n) is 5.02. The van der Waals surface area contributed by atoms with Crippen molar-refractivity contribution < 1.29 is 5.32 Å². The highest BCUT2D eigenvalue weighted by atomic mass is 32.2. The minimum Gasteiger partial charge on any atom is -0.311 e. The normalized spacial score (nSPS) is 47.2. The number of hydrogen-bond donors (Lipinski definition) is 1. The summed E-state index contributed by atoms with van der Waals surface area (Å²) in [5.74, 6) is 0. The summed E-state index contributed by atoms with van der Waals surface area (Å²) in [4.78, 5) is 0. The largest absolute Gasteiger partial charge is 0.311 e. The Hall–Kier alpha value is -0.710. The lowest BCUT2D eigenvalue weighted by molar-refractivity contribution is -0.771. The van der Waals surface area contributed by atoms with E-state index in [1.807, 2.05) is 11.8 Å². The molecule has 2 N–H and O–H groups in total. The molecule has 18 heavy (non-hydrogen) atoms. The summed E-state index contributed by atoms with van der Waals surface area (Å²) < 4.78 is 0. The average molecular weight is 262 g/mol. The lowest BCUT2D eigenvalue weighted by atomic mass is 9.75. The van der Waals surface area contributed by atoms with Crippen LogP contribution in [0.2, 0.25) is 0 Å². The lowest BCUT2D eigenvalue weighted by Crippen LogP contribution is -3.11. The standard InChI is InChI=1S/C14H19N3S/c15-9-13-7-3-1-5-11(13)18-12-6-2-4-8-14(12,10-16)17-13/h11-12,17H,1-8H2/p+1/t11-,12-,13+,14+/m0/s1. The molecule has 1 aliphatic heterocycles. The molecule has 3 fully saturated rings. The van der Waals surface area contributed by atoms with Gasteiger partial charge in [0, 0.05) is 12.8 Å². The summed E-state index contributed by atoms with van der Waals surface area (Å²) in [6.45, 7) is 0. The first-order valence-electron chi connectivity index (χ1n) is 7.10. The van der Waals surface area contributed by atoms with Crippen LogP contribution in [-0.2, 0) is 0 Å². The molecular formula is C14H20N3S+. The van der Waals surface area contributed by atoms with E-state index >= 15 is 0 Å². The summed E-state index contributed by atoms with van der Waals surface area (Å²) in [7, 11) is 0. The Morgan fingerprint density at radius 3 is 1.83 bits per heavy atom.